The number of furan rings is 1. The van der Waals surface area contributed by atoms with E-state index in [0.29, 0.717) is 39.8 Å². The SMILES string of the molecule is CC(=O)CCn1c(Cc2ccc(Cl)cc2)nc2scc(-c3ccco3)c2c1=O. The smallest absolute Gasteiger partial charge is 0.263 e. The fraction of sp³-hybridized carbons (Fsp3) is 0.190. The number of halogens is 1. The van der Waals surface area contributed by atoms with Gasteiger partial charge in [-0.2, -0.15) is 0 Å². The zero-order chi connectivity index (χ0) is 19.7. The number of thiophene rings is 1. The van der Waals surface area contributed by atoms with Crippen molar-refractivity contribution in [3.05, 3.63) is 74.8 Å². The summed E-state index contributed by atoms with van der Waals surface area (Å²) in [4.78, 5) is 30.3. The first-order chi connectivity index (χ1) is 13.5. The van der Waals surface area contributed by atoms with Crippen LogP contribution in [-0.2, 0) is 17.8 Å². The van der Waals surface area contributed by atoms with Crippen molar-refractivity contribution in [2.45, 2.75) is 26.3 Å². The van der Waals surface area contributed by atoms with E-state index < -0.39 is 0 Å². The molecule has 4 aromatic rings. The fourth-order valence-corrected chi connectivity index (χ4v) is 4.16. The number of rotatable bonds is 6. The van der Waals surface area contributed by atoms with E-state index in [4.69, 9.17) is 21.0 Å². The Kier molecular flexibility index (Phi) is 5.15. The van der Waals surface area contributed by atoms with Crippen molar-refractivity contribution in [3.63, 3.8) is 0 Å². The van der Waals surface area contributed by atoms with Gasteiger partial charge in [-0.3, -0.25) is 14.2 Å². The number of aromatic nitrogens is 2. The van der Waals surface area contributed by atoms with E-state index in [2.05, 4.69) is 0 Å². The van der Waals surface area contributed by atoms with Gasteiger partial charge in [-0.25, -0.2) is 4.98 Å². The van der Waals surface area contributed by atoms with E-state index in [0.717, 1.165) is 11.1 Å². The predicted molar refractivity (Wildman–Crippen MR) is 111 cm³/mol. The van der Waals surface area contributed by atoms with E-state index in [1.54, 1.807) is 16.9 Å². The second-order valence-corrected chi connectivity index (χ2v) is 7.84. The molecule has 0 saturated heterocycles. The van der Waals surface area contributed by atoms with Gasteiger partial charge in [-0.05, 0) is 36.8 Å². The molecule has 0 spiro atoms. The normalized spacial score (nSPS) is 11.2. The number of carbonyl (C=O) groups excluding carboxylic acids is 1. The Balaban J connectivity index is 1.85. The molecule has 0 atom stereocenters. The summed E-state index contributed by atoms with van der Waals surface area (Å²) >= 11 is 7.38. The fourth-order valence-electron chi connectivity index (χ4n) is 3.10. The summed E-state index contributed by atoms with van der Waals surface area (Å²) in [6.07, 6.45) is 2.34. The van der Waals surface area contributed by atoms with E-state index in [1.807, 2.05) is 35.7 Å². The number of Topliss-reactive ketones (excluding diaryl/α,β-unsaturated/α-hetero) is 1. The summed E-state index contributed by atoms with van der Waals surface area (Å²) in [6, 6.07) is 11.1. The molecule has 0 amide bonds. The largest absolute Gasteiger partial charge is 0.464 e. The minimum Gasteiger partial charge on any atom is -0.464 e. The Labute approximate surface area is 170 Å². The lowest BCUT2D eigenvalue weighted by atomic mass is 10.1. The van der Waals surface area contributed by atoms with Gasteiger partial charge in [0.15, 0.2) is 0 Å². The van der Waals surface area contributed by atoms with Gasteiger partial charge in [0.25, 0.3) is 5.56 Å². The maximum absolute atomic E-state index is 13.3. The molecule has 28 heavy (non-hydrogen) atoms. The molecule has 0 bridgehead atoms. The van der Waals surface area contributed by atoms with Crippen molar-refractivity contribution in [3.8, 4) is 11.3 Å². The van der Waals surface area contributed by atoms with Gasteiger partial charge in [0.2, 0.25) is 0 Å². The highest BCUT2D eigenvalue weighted by Gasteiger charge is 2.18. The Morgan fingerprint density at radius 3 is 2.71 bits per heavy atom. The maximum Gasteiger partial charge on any atom is 0.263 e. The Hall–Kier alpha value is -2.70. The van der Waals surface area contributed by atoms with Gasteiger partial charge >= 0.3 is 0 Å². The summed E-state index contributed by atoms with van der Waals surface area (Å²) in [7, 11) is 0. The Morgan fingerprint density at radius 2 is 2.04 bits per heavy atom. The molecule has 7 heteroatoms. The van der Waals surface area contributed by atoms with Crippen molar-refractivity contribution >= 4 is 38.9 Å². The summed E-state index contributed by atoms with van der Waals surface area (Å²) in [5.41, 5.74) is 1.58. The summed E-state index contributed by atoms with van der Waals surface area (Å²) in [5, 5.41) is 3.07. The van der Waals surface area contributed by atoms with Crippen LogP contribution in [0.15, 0.2) is 57.3 Å². The number of fused-ring (bicyclic) bond motifs is 1. The first-order valence-electron chi connectivity index (χ1n) is 8.81. The molecule has 0 aliphatic heterocycles. The summed E-state index contributed by atoms with van der Waals surface area (Å²) in [5.74, 6) is 1.30. The number of benzene rings is 1. The van der Waals surface area contributed by atoms with E-state index >= 15 is 0 Å². The van der Waals surface area contributed by atoms with Crippen LogP contribution < -0.4 is 5.56 Å². The van der Waals surface area contributed by atoms with E-state index in [9.17, 15) is 9.59 Å². The molecule has 0 aliphatic rings. The topological polar surface area (TPSA) is 65.1 Å². The molecule has 0 radical (unpaired) electrons. The lowest BCUT2D eigenvalue weighted by Crippen LogP contribution is -2.26. The lowest BCUT2D eigenvalue weighted by molar-refractivity contribution is -0.117. The molecule has 3 aromatic heterocycles. The van der Waals surface area contributed by atoms with Gasteiger partial charge < -0.3 is 4.42 Å². The minimum absolute atomic E-state index is 0.0287. The standard InChI is InChI=1S/C21H17ClN2O3S/c1-13(25)8-9-24-18(11-14-4-6-15(22)7-5-14)23-20-19(21(24)26)16(12-28-20)17-3-2-10-27-17/h2-7,10,12H,8-9,11H2,1H3. The van der Waals surface area contributed by atoms with Crippen LogP contribution in [0.3, 0.4) is 0 Å². The molecule has 0 saturated carbocycles. The molecular formula is C21H17ClN2O3S. The molecule has 4 rings (SSSR count). The first-order valence-corrected chi connectivity index (χ1v) is 10.1. The third-order valence-electron chi connectivity index (χ3n) is 4.52. The average molecular weight is 413 g/mol. The van der Waals surface area contributed by atoms with E-state index in [1.165, 1.54) is 18.3 Å². The van der Waals surface area contributed by atoms with Gasteiger partial charge in [0, 0.05) is 35.4 Å². The average Bonchev–Trinajstić information content (AvgIpc) is 3.32. The third kappa shape index (κ3) is 3.66. The number of hydrogen-bond acceptors (Lipinski definition) is 5. The van der Waals surface area contributed by atoms with Crippen LogP contribution in [-0.4, -0.2) is 15.3 Å². The molecule has 0 unspecified atom stereocenters. The van der Waals surface area contributed by atoms with Gasteiger partial charge in [0.1, 0.15) is 22.2 Å². The quantitative estimate of drug-likeness (QED) is 0.450. The van der Waals surface area contributed by atoms with Crippen LogP contribution in [0, 0.1) is 0 Å². The number of hydrogen-bond donors (Lipinski definition) is 0. The van der Waals surface area contributed by atoms with Gasteiger partial charge in [0.05, 0.1) is 11.6 Å². The number of nitrogens with zero attached hydrogens (tertiary/aromatic N) is 2. The molecule has 0 N–H and O–H groups in total. The second-order valence-electron chi connectivity index (χ2n) is 6.55. The van der Waals surface area contributed by atoms with Crippen LogP contribution >= 0.6 is 22.9 Å². The maximum atomic E-state index is 13.3. The van der Waals surface area contributed by atoms with Crippen LogP contribution in [0.5, 0.6) is 0 Å². The zero-order valence-electron chi connectivity index (χ0n) is 15.1. The van der Waals surface area contributed by atoms with Crippen LogP contribution in [0.1, 0.15) is 24.7 Å². The molecule has 0 aliphatic carbocycles. The molecule has 3 heterocycles. The highest BCUT2D eigenvalue weighted by Crippen LogP contribution is 2.31. The van der Waals surface area contributed by atoms with Crippen LogP contribution in [0.4, 0.5) is 0 Å². The third-order valence-corrected chi connectivity index (χ3v) is 5.65. The van der Waals surface area contributed by atoms with Crippen molar-refractivity contribution in [2.75, 3.05) is 0 Å². The zero-order valence-corrected chi connectivity index (χ0v) is 16.7. The van der Waals surface area contributed by atoms with Crippen molar-refractivity contribution < 1.29 is 9.21 Å². The molecule has 5 nitrogen and oxygen atoms in total. The van der Waals surface area contributed by atoms with Crippen molar-refractivity contribution in [1.82, 2.24) is 9.55 Å². The molecule has 1 aromatic carbocycles. The first kappa shape index (κ1) is 18.7. The number of carbonyl (C=O) groups is 1. The van der Waals surface area contributed by atoms with Gasteiger partial charge in [-0.15, -0.1) is 11.3 Å². The second kappa shape index (κ2) is 7.73. The van der Waals surface area contributed by atoms with Crippen molar-refractivity contribution in [2.24, 2.45) is 0 Å². The summed E-state index contributed by atoms with van der Waals surface area (Å²) < 4.78 is 7.09. The Bertz CT molecular complexity index is 1190. The van der Waals surface area contributed by atoms with Crippen LogP contribution in [0.2, 0.25) is 5.02 Å². The Morgan fingerprint density at radius 1 is 1.25 bits per heavy atom. The van der Waals surface area contributed by atoms with Gasteiger partial charge in [-0.1, -0.05) is 23.7 Å². The molecular weight excluding hydrogens is 396 g/mol. The number of ketones is 1. The highest BCUT2D eigenvalue weighted by atomic mass is 35.5. The summed E-state index contributed by atoms with van der Waals surface area (Å²) in [6.45, 7) is 1.82. The predicted octanol–water partition coefficient (Wildman–Crippen LogP) is 4.94. The lowest BCUT2D eigenvalue weighted by Gasteiger charge is -2.12. The van der Waals surface area contributed by atoms with Crippen LogP contribution in [0.25, 0.3) is 21.5 Å². The molecule has 142 valence electrons. The van der Waals surface area contributed by atoms with E-state index in [-0.39, 0.29) is 17.8 Å². The highest BCUT2D eigenvalue weighted by molar-refractivity contribution is 7.17. The minimum atomic E-state index is -0.150. The monoisotopic (exact) mass is 412 g/mol. The van der Waals surface area contributed by atoms with Crippen molar-refractivity contribution in [1.29, 1.82) is 0 Å². The molecule has 0 fully saturated rings.